The number of fused-ring (bicyclic) bond motifs is 1. The molecule has 0 spiro atoms. The summed E-state index contributed by atoms with van der Waals surface area (Å²) in [6.45, 7) is 4.46. The third-order valence-corrected chi connectivity index (χ3v) is 4.85. The van der Waals surface area contributed by atoms with Crippen molar-refractivity contribution in [2.24, 2.45) is 11.7 Å². The number of hydrogen-bond acceptors (Lipinski definition) is 5. The average Bonchev–Trinajstić information content (AvgIpc) is 2.92. The summed E-state index contributed by atoms with van der Waals surface area (Å²) < 4.78 is 0. The van der Waals surface area contributed by atoms with E-state index in [1.807, 2.05) is 18.2 Å². The summed E-state index contributed by atoms with van der Waals surface area (Å²) in [5.74, 6) is -0.417. The van der Waals surface area contributed by atoms with Crippen molar-refractivity contribution in [2.75, 3.05) is 13.1 Å². The third-order valence-electron chi connectivity index (χ3n) is 4.85. The number of benzene rings is 1. The van der Waals surface area contributed by atoms with Gasteiger partial charge in [0.25, 0.3) is 5.91 Å². The fraction of sp³-hybridized carbons (Fsp3) is 0.500. The van der Waals surface area contributed by atoms with Crippen LogP contribution in [0, 0.1) is 5.92 Å². The molecule has 0 bridgehead atoms. The molecule has 25 heavy (non-hydrogen) atoms. The molecule has 2 aliphatic heterocycles. The van der Waals surface area contributed by atoms with Gasteiger partial charge in [-0.3, -0.25) is 19.7 Å². The first-order chi connectivity index (χ1) is 12.0. The fourth-order valence-electron chi connectivity index (χ4n) is 3.37. The lowest BCUT2D eigenvalue weighted by Crippen LogP contribution is -2.52. The second-order valence-corrected chi connectivity index (χ2v) is 6.82. The molecular formula is C18H24N4O3. The van der Waals surface area contributed by atoms with Crippen LogP contribution in [0.1, 0.15) is 41.3 Å². The van der Waals surface area contributed by atoms with Crippen LogP contribution in [0.2, 0.25) is 0 Å². The Labute approximate surface area is 146 Å². The number of carbonyl (C=O) groups is 3. The molecule has 1 aromatic carbocycles. The highest BCUT2D eigenvalue weighted by molar-refractivity contribution is 6.05. The number of piperidine rings is 1. The molecule has 0 aromatic heterocycles. The van der Waals surface area contributed by atoms with E-state index in [2.05, 4.69) is 17.6 Å². The minimum Gasteiger partial charge on any atom is -0.330 e. The molecule has 134 valence electrons. The predicted molar refractivity (Wildman–Crippen MR) is 92.4 cm³/mol. The van der Waals surface area contributed by atoms with E-state index >= 15 is 0 Å². The zero-order valence-corrected chi connectivity index (χ0v) is 14.4. The van der Waals surface area contributed by atoms with Crippen LogP contribution in [0.3, 0.4) is 0 Å². The van der Waals surface area contributed by atoms with E-state index in [0.29, 0.717) is 37.5 Å². The van der Waals surface area contributed by atoms with Gasteiger partial charge in [0.15, 0.2) is 0 Å². The van der Waals surface area contributed by atoms with E-state index in [0.717, 1.165) is 17.7 Å². The molecule has 3 amide bonds. The smallest absolute Gasteiger partial charge is 0.255 e. The molecule has 1 aromatic rings. The van der Waals surface area contributed by atoms with E-state index in [9.17, 15) is 14.4 Å². The predicted octanol–water partition coefficient (Wildman–Crippen LogP) is 0.132. The Morgan fingerprint density at radius 3 is 2.88 bits per heavy atom. The summed E-state index contributed by atoms with van der Waals surface area (Å²) >= 11 is 0. The van der Waals surface area contributed by atoms with Crippen LogP contribution in [-0.4, -0.2) is 41.8 Å². The van der Waals surface area contributed by atoms with E-state index in [4.69, 9.17) is 5.73 Å². The molecule has 7 heteroatoms. The molecule has 3 rings (SSSR count). The second-order valence-electron chi connectivity index (χ2n) is 6.82. The van der Waals surface area contributed by atoms with Crippen LogP contribution in [0.25, 0.3) is 0 Å². The van der Waals surface area contributed by atoms with Crippen LogP contribution in [0.15, 0.2) is 18.2 Å². The molecule has 0 saturated carbocycles. The minimum absolute atomic E-state index is 0.131. The van der Waals surface area contributed by atoms with Gasteiger partial charge in [-0.15, -0.1) is 0 Å². The molecule has 2 aliphatic rings. The molecule has 2 atom stereocenters. The molecule has 0 radical (unpaired) electrons. The van der Waals surface area contributed by atoms with Gasteiger partial charge in [0.05, 0.1) is 0 Å². The number of carbonyl (C=O) groups excluding carboxylic acids is 3. The van der Waals surface area contributed by atoms with Gasteiger partial charge in [-0.1, -0.05) is 25.1 Å². The van der Waals surface area contributed by atoms with Crippen molar-refractivity contribution in [3.8, 4) is 0 Å². The topological polar surface area (TPSA) is 105 Å². The minimum atomic E-state index is -0.573. The molecule has 4 N–H and O–H groups in total. The largest absolute Gasteiger partial charge is 0.330 e. The quantitative estimate of drug-likeness (QED) is 0.637. The van der Waals surface area contributed by atoms with Crippen LogP contribution in [-0.2, 0) is 22.7 Å². The van der Waals surface area contributed by atoms with E-state index < -0.39 is 6.04 Å². The highest BCUT2D eigenvalue weighted by atomic mass is 16.2. The van der Waals surface area contributed by atoms with Crippen LogP contribution in [0.5, 0.6) is 0 Å². The lowest BCUT2D eigenvalue weighted by Gasteiger charge is -2.29. The SMILES string of the molecule is CC(CN)CNCc1cccc2c1C(=O)N(C1CCC(=O)NC1=O)C2. The van der Waals surface area contributed by atoms with Crippen molar-refractivity contribution >= 4 is 17.7 Å². The monoisotopic (exact) mass is 344 g/mol. The molecule has 2 heterocycles. The first kappa shape index (κ1) is 17.6. The number of nitrogens with one attached hydrogen (secondary N) is 2. The van der Waals surface area contributed by atoms with Gasteiger partial charge in [0.1, 0.15) is 6.04 Å². The Morgan fingerprint density at radius 2 is 2.16 bits per heavy atom. The van der Waals surface area contributed by atoms with Crippen molar-refractivity contribution in [1.29, 1.82) is 0 Å². The van der Waals surface area contributed by atoms with Gasteiger partial charge in [-0.25, -0.2) is 0 Å². The first-order valence-electron chi connectivity index (χ1n) is 8.67. The van der Waals surface area contributed by atoms with Gasteiger partial charge in [0, 0.05) is 25.1 Å². The van der Waals surface area contributed by atoms with Crippen molar-refractivity contribution in [3.05, 3.63) is 34.9 Å². The zero-order valence-electron chi connectivity index (χ0n) is 14.4. The maximum Gasteiger partial charge on any atom is 0.255 e. The number of imide groups is 1. The zero-order chi connectivity index (χ0) is 18.0. The van der Waals surface area contributed by atoms with Crippen LogP contribution >= 0.6 is 0 Å². The molecule has 0 aliphatic carbocycles. The Hall–Kier alpha value is -2.25. The highest BCUT2D eigenvalue weighted by Gasteiger charge is 2.39. The number of hydrogen-bond donors (Lipinski definition) is 3. The van der Waals surface area contributed by atoms with Gasteiger partial charge in [0.2, 0.25) is 11.8 Å². The highest BCUT2D eigenvalue weighted by Crippen LogP contribution is 2.29. The molecule has 2 unspecified atom stereocenters. The number of nitrogens with zero attached hydrogens (tertiary/aromatic N) is 1. The maximum absolute atomic E-state index is 12.9. The Bertz CT molecular complexity index is 704. The second kappa shape index (κ2) is 7.33. The number of nitrogens with two attached hydrogens (primary N) is 1. The molecular weight excluding hydrogens is 320 g/mol. The fourth-order valence-corrected chi connectivity index (χ4v) is 3.37. The Morgan fingerprint density at radius 1 is 1.36 bits per heavy atom. The summed E-state index contributed by atoms with van der Waals surface area (Å²) in [4.78, 5) is 37.9. The van der Waals surface area contributed by atoms with Crippen molar-refractivity contribution in [2.45, 2.75) is 38.9 Å². The van der Waals surface area contributed by atoms with E-state index in [-0.39, 0.29) is 24.1 Å². The van der Waals surface area contributed by atoms with Gasteiger partial charge >= 0.3 is 0 Å². The number of rotatable bonds is 6. The normalized spacial score (nSPS) is 21.3. The molecule has 1 fully saturated rings. The number of amides is 3. The summed E-state index contributed by atoms with van der Waals surface area (Å²) in [5, 5.41) is 5.66. The van der Waals surface area contributed by atoms with Crippen LogP contribution in [0.4, 0.5) is 0 Å². The van der Waals surface area contributed by atoms with Gasteiger partial charge in [-0.2, -0.15) is 0 Å². The Kier molecular flexibility index (Phi) is 5.15. The van der Waals surface area contributed by atoms with Crippen molar-refractivity contribution < 1.29 is 14.4 Å². The summed E-state index contributed by atoms with van der Waals surface area (Å²) in [6.07, 6.45) is 0.647. The summed E-state index contributed by atoms with van der Waals surface area (Å²) in [6, 6.07) is 5.22. The van der Waals surface area contributed by atoms with Gasteiger partial charge in [-0.05, 0) is 36.6 Å². The van der Waals surface area contributed by atoms with Gasteiger partial charge < -0.3 is 16.0 Å². The van der Waals surface area contributed by atoms with Crippen LogP contribution < -0.4 is 16.4 Å². The molecule has 7 nitrogen and oxygen atoms in total. The van der Waals surface area contributed by atoms with E-state index in [1.165, 1.54) is 0 Å². The van der Waals surface area contributed by atoms with E-state index in [1.54, 1.807) is 4.90 Å². The summed E-state index contributed by atoms with van der Waals surface area (Å²) in [5.41, 5.74) is 8.17. The maximum atomic E-state index is 12.9. The lowest BCUT2D eigenvalue weighted by molar-refractivity contribution is -0.136. The average molecular weight is 344 g/mol. The van der Waals surface area contributed by atoms with Crippen molar-refractivity contribution in [3.63, 3.8) is 0 Å². The van der Waals surface area contributed by atoms with Crippen molar-refractivity contribution in [1.82, 2.24) is 15.5 Å². The summed E-state index contributed by atoms with van der Waals surface area (Å²) in [7, 11) is 0. The first-order valence-corrected chi connectivity index (χ1v) is 8.67. The Balaban J connectivity index is 1.74. The standard InChI is InChI=1S/C18H24N4O3/c1-11(7-19)8-20-9-12-3-2-4-13-10-22(18(25)16(12)13)14-5-6-15(23)21-17(14)24/h2-4,11,14,20H,5-10,19H2,1H3,(H,21,23,24). The lowest BCUT2D eigenvalue weighted by atomic mass is 10.0. The molecule has 1 saturated heterocycles. The third kappa shape index (κ3) is 3.57.